The molecule has 5 nitrogen and oxygen atoms in total. The van der Waals surface area contributed by atoms with E-state index in [2.05, 4.69) is 5.32 Å². The lowest BCUT2D eigenvalue weighted by molar-refractivity contribution is -0.120. The molecule has 0 spiro atoms. The van der Waals surface area contributed by atoms with E-state index < -0.39 is 10.0 Å². The van der Waals surface area contributed by atoms with Gasteiger partial charge in [-0.05, 0) is 55.3 Å². The van der Waals surface area contributed by atoms with Crippen LogP contribution in [-0.4, -0.2) is 31.7 Å². The van der Waals surface area contributed by atoms with E-state index in [0.29, 0.717) is 41.7 Å². The Kier molecular flexibility index (Phi) is 5.87. The largest absolute Gasteiger partial charge is 0.326 e. The van der Waals surface area contributed by atoms with Crippen LogP contribution in [0, 0.1) is 5.92 Å². The predicted octanol–water partition coefficient (Wildman–Crippen LogP) is 4.03. The molecule has 26 heavy (non-hydrogen) atoms. The van der Waals surface area contributed by atoms with Gasteiger partial charge in [0.15, 0.2) is 0 Å². The number of halogens is 2. The monoisotopic (exact) mass is 412 g/mol. The summed E-state index contributed by atoms with van der Waals surface area (Å²) < 4.78 is 26.8. The number of sulfonamides is 1. The Morgan fingerprint density at radius 3 is 2.27 bits per heavy atom. The number of benzene rings is 2. The summed E-state index contributed by atoms with van der Waals surface area (Å²) in [4.78, 5) is 12.6. The number of anilines is 1. The molecule has 138 valence electrons. The summed E-state index contributed by atoms with van der Waals surface area (Å²) in [6.45, 7) is 0.608. The van der Waals surface area contributed by atoms with Gasteiger partial charge in [-0.25, -0.2) is 8.42 Å². The average Bonchev–Trinajstić information content (AvgIpc) is 2.62. The van der Waals surface area contributed by atoms with Crippen molar-refractivity contribution < 1.29 is 13.2 Å². The number of piperidine rings is 1. The van der Waals surface area contributed by atoms with Crippen LogP contribution in [0.5, 0.6) is 0 Å². The van der Waals surface area contributed by atoms with Gasteiger partial charge in [0, 0.05) is 34.7 Å². The standard InChI is InChI=1S/C18H18Cl2N2O3S/c19-14-4-6-17(7-5-14)26(24,25)22-10-8-13(9-11-22)18(23)21-16-3-1-2-15(20)12-16/h1-7,12-13H,8-11H2,(H,21,23). The van der Waals surface area contributed by atoms with Crippen LogP contribution in [0.15, 0.2) is 53.4 Å². The first-order chi connectivity index (χ1) is 12.4. The maximum Gasteiger partial charge on any atom is 0.243 e. The van der Waals surface area contributed by atoms with E-state index in [1.54, 1.807) is 36.4 Å². The van der Waals surface area contributed by atoms with Crippen molar-refractivity contribution in [1.29, 1.82) is 0 Å². The number of hydrogen-bond acceptors (Lipinski definition) is 3. The SMILES string of the molecule is O=C(Nc1cccc(Cl)c1)C1CCN(S(=O)(=O)c2ccc(Cl)cc2)CC1. The molecule has 1 aliphatic rings. The maximum absolute atomic E-state index is 12.7. The van der Waals surface area contributed by atoms with Crippen LogP contribution in [0.3, 0.4) is 0 Å². The third kappa shape index (κ3) is 4.38. The zero-order valence-electron chi connectivity index (χ0n) is 13.9. The maximum atomic E-state index is 12.7. The molecule has 1 heterocycles. The molecule has 0 saturated carbocycles. The van der Waals surface area contributed by atoms with Crippen LogP contribution in [0.25, 0.3) is 0 Å². The first kappa shape index (κ1) is 19.2. The second kappa shape index (κ2) is 7.96. The third-order valence-corrected chi connectivity index (χ3v) is 6.77. The van der Waals surface area contributed by atoms with E-state index in [4.69, 9.17) is 23.2 Å². The third-order valence-electron chi connectivity index (χ3n) is 4.37. The fraction of sp³-hybridized carbons (Fsp3) is 0.278. The van der Waals surface area contributed by atoms with E-state index >= 15 is 0 Å². The molecule has 1 aliphatic heterocycles. The first-order valence-electron chi connectivity index (χ1n) is 8.18. The molecule has 2 aromatic rings. The van der Waals surface area contributed by atoms with Crippen LogP contribution in [0.2, 0.25) is 10.0 Å². The Morgan fingerprint density at radius 2 is 1.65 bits per heavy atom. The fourth-order valence-corrected chi connectivity index (χ4v) is 4.71. The van der Waals surface area contributed by atoms with Crippen molar-refractivity contribution in [1.82, 2.24) is 4.31 Å². The molecule has 8 heteroatoms. The van der Waals surface area contributed by atoms with Crippen molar-refractivity contribution >= 4 is 44.8 Å². The van der Waals surface area contributed by atoms with Crippen LogP contribution in [0.4, 0.5) is 5.69 Å². The first-order valence-corrected chi connectivity index (χ1v) is 10.4. The number of amides is 1. The molecule has 0 unspecified atom stereocenters. The molecular weight excluding hydrogens is 395 g/mol. The molecule has 3 rings (SSSR count). The molecule has 0 bridgehead atoms. The Morgan fingerprint density at radius 1 is 1.00 bits per heavy atom. The molecular formula is C18H18Cl2N2O3S. The summed E-state index contributed by atoms with van der Waals surface area (Å²) in [7, 11) is -3.57. The minimum Gasteiger partial charge on any atom is -0.326 e. The highest BCUT2D eigenvalue weighted by Gasteiger charge is 2.32. The normalized spacial score (nSPS) is 16.4. The summed E-state index contributed by atoms with van der Waals surface area (Å²) in [5, 5.41) is 3.87. The Bertz CT molecular complexity index is 893. The number of carbonyl (C=O) groups is 1. The van der Waals surface area contributed by atoms with E-state index in [1.807, 2.05) is 0 Å². The van der Waals surface area contributed by atoms with Crippen molar-refractivity contribution in [2.24, 2.45) is 5.92 Å². The zero-order chi connectivity index (χ0) is 18.7. The molecule has 0 radical (unpaired) electrons. The minimum atomic E-state index is -3.57. The summed E-state index contributed by atoms with van der Waals surface area (Å²) in [6.07, 6.45) is 0.943. The van der Waals surface area contributed by atoms with E-state index in [-0.39, 0.29) is 16.7 Å². The van der Waals surface area contributed by atoms with Crippen molar-refractivity contribution in [3.63, 3.8) is 0 Å². The number of rotatable bonds is 4. The number of carbonyl (C=O) groups excluding carboxylic acids is 1. The van der Waals surface area contributed by atoms with Crippen LogP contribution >= 0.6 is 23.2 Å². The van der Waals surface area contributed by atoms with Gasteiger partial charge < -0.3 is 5.32 Å². The molecule has 0 aliphatic carbocycles. The van der Waals surface area contributed by atoms with Gasteiger partial charge in [-0.1, -0.05) is 29.3 Å². The highest BCUT2D eigenvalue weighted by molar-refractivity contribution is 7.89. The molecule has 0 aromatic heterocycles. The fourth-order valence-electron chi connectivity index (χ4n) is 2.92. The van der Waals surface area contributed by atoms with Gasteiger partial charge in [-0.15, -0.1) is 0 Å². The minimum absolute atomic E-state index is 0.115. The molecule has 1 saturated heterocycles. The van der Waals surface area contributed by atoms with Crippen LogP contribution < -0.4 is 5.32 Å². The highest BCUT2D eigenvalue weighted by atomic mass is 35.5. The highest BCUT2D eigenvalue weighted by Crippen LogP contribution is 2.26. The van der Waals surface area contributed by atoms with E-state index in [0.717, 1.165) is 0 Å². The lowest BCUT2D eigenvalue weighted by atomic mass is 9.97. The molecule has 1 fully saturated rings. The summed E-state index contributed by atoms with van der Waals surface area (Å²) in [6, 6.07) is 13.0. The Balaban J connectivity index is 1.61. The Labute approximate surface area is 163 Å². The van der Waals surface area contributed by atoms with Gasteiger partial charge in [0.25, 0.3) is 0 Å². The van der Waals surface area contributed by atoms with Crippen molar-refractivity contribution in [2.75, 3.05) is 18.4 Å². The lowest BCUT2D eigenvalue weighted by Crippen LogP contribution is -2.41. The van der Waals surface area contributed by atoms with Crippen molar-refractivity contribution in [2.45, 2.75) is 17.7 Å². The molecule has 2 aromatic carbocycles. The summed E-state index contributed by atoms with van der Waals surface area (Å²) in [5.41, 5.74) is 0.638. The molecule has 1 amide bonds. The quantitative estimate of drug-likeness (QED) is 0.823. The van der Waals surface area contributed by atoms with Crippen molar-refractivity contribution in [3.05, 3.63) is 58.6 Å². The van der Waals surface area contributed by atoms with Gasteiger partial charge in [-0.3, -0.25) is 4.79 Å². The van der Waals surface area contributed by atoms with Gasteiger partial charge in [-0.2, -0.15) is 4.31 Å². The van der Waals surface area contributed by atoms with Crippen LogP contribution in [0.1, 0.15) is 12.8 Å². The van der Waals surface area contributed by atoms with Gasteiger partial charge in [0.2, 0.25) is 15.9 Å². The second-order valence-corrected chi connectivity index (χ2v) is 8.94. The smallest absolute Gasteiger partial charge is 0.243 e. The molecule has 0 atom stereocenters. The van der Waals surface area contributed by atoms with E-state index in [9.17, 15) is 13.2 Å². The van der Waals surface area contributed by atoms with Crippen LogP contribution in [-0.2, 0) is 14.8 Å². The average molecular weight is 413 g/mol. The van der Waals surface area contributed by atoms with Gasteiger partial charge in [0.05, 0.1) is 4.90 Å². The zero-order valence-corrected chi connectivity index (χ0v) is 16.2. The number of nitrogens with one attached hydrogen (secondary N) is 1. The predicted molar refractivity (Wildman–Crippen MR) is 103 cm³/mol. The van der Waals surface area contributed by atoms with Gasteiger partial charge in [0.1, 0.15) is 0 Å². The number of nitrogens with zero attached hydrogens (tertiary/aromatic N) is 1. The second-order valence-electron chi connectivity index (χ2n) is 6.13. The summed E-state index contributed by atoms with van der Waals surface area (Å²) >= 11 is 11.7. The van der Waals surface area contributed by atoms with E-state index in [1.165, 1.54) is 16.4 Å². The number of hydrogen-bond donors (Lipinski definition) is 1. The summed E-state index contributed by atoms with van der Waals surface area (Å²) in [5.74, 6) is -0.346. The molecule has 1 N–H and O–H groups in total. The Hall–Kier alpha value is -1.60. The lowest BCUT2D eigenvalue weighted by Gasteiger charge is -2.30. The van der Waals surface area contributed by atoms with Gasteiger partial charge >= 0.3 is 0 Å². The van der Waals surface area contributed by atoms with Crippen molar-refractivity contribution in [3.8, 4) is 0 Å². The topological polar surface area (TPSA) is 66.5 Å².